The summed E-state index contributed by atoms with van der Waals surface area (Å²) in [6.45, 7) is 3.49. The van der Waals surface area contributed by atoms with Crippen LogP contribution in [0.5, 0.6) is 11.5 Å². The molecule has 0 fully saturated rings. The van der Waals surface area contributed by atoms with Crippen LogP contribution in [0.3, 0.4) is 0 Å². The fourth-order valence-corrected chi connectivity index (χ4v) is 3.49. The van der Waals surface area contributed by atoms with Crippen LogP contribution in [0.15, 0.2) is 47.4 Å². The average Bonchev–Trinajstić information content (AvgIpc) is 2.60. The Balaban J connectivity index is 2.18. The van der Waals surface area contributed by atoms with E-state index in [-0.39, 0.29) is 16.8 Å². The van der Waals surface area contributed by atoms with Crippen molar-refractivity contribution in [2.24, 2.45) is 0 Å². The number of sulfonamides is 1. The number of carbonyl (C=O) groups excluding carboxylic acids is 1. The first-order valence-electron chi connectivity index (χ1n) is 7.92. The standard InChI is InChI=1S/C18H22N2O5S/c1-12(2)20-26(22,23)17-7-5-14(6-8-17)19-18(21)13-9-15(24-3)11-16(10-13)25-4/h5-12,20H,1-4H3,(H,19,21). The molecule has 0 bridgehead atoms. The van der Waals surface area contributed by atoms with Crippen molar-refractivity contribution < 1.29 is 22.7 Å². The van der Waals surface area contributed by atoms with Crippen LogP contribution >= 0.6 is 0 Å². The fourth-order valence-electron chi connectivity index (χ4n) is 2.24. The van der Waals surface area contributed by atoms with Crippen LogP contribution in [0.25, 0.3) is 0 Å². The van der Waals surface area contributed by atoms with Gasteiger partial charge in [0, 0.05) is 23.4 Å². The van der Waals surface area contributed by atoms with Gasteiger partial charge in [0.15, 0.2) is 0 Å². The molecular formula is C18H22N2O5S. The van der Waals surface area contributed by atoms with E-state index in [0.29, 0.717) is 22.7 Å². The molecule has 140 valence electrons. The molecule has 0 radical (unpaired) electrons. The van der Waals surface area contributed by atoms with Gasteiger partial charge in [0.05, 0.1) is 19.1 Å². The summed E-state index contributed by atoms with van der Waals surface area (Å²) < 4.78 is 37.0. The predicted molar refractivity (Wildman–Crippen MR) is 99.4 cm³/mol. The fraction of sp³-hybridized carbons (Fsp3) is 0.278. The molecule has 0 aromatic heterocycles. The lowest BCUT2D eigenvalue weighted by Crippen LogP contribution is -2.30. The van der Waals surface area contributed by atoms with Crippen molar-refractivity contribution in [3.63, 3.8) is 0 Å². The maximum atomic E-state index is 12.4. The Morgan fingerprint density at radius 3 is 1.96 bits per heavy atom. The lowest BCUT2D eigenvalue weighted by molar-refractivity contribution is 0.102. The highest BCUT2D eigenvalue weighted by molar-refractivity contribution is 7.89. The zero-order valence-electron chi connectivity index (χ0n) is 15.1. The van der Waals surface area contributed by atoms with Crippen LogP contribution in [0, 0.1) is 0 Å². The topological polar surface area (TPSA) is 93.7 Å². The summed E-state index contributed by atoms with van der Waals surface area (Å²) in [6, 6.07) is 10.6. The first-order chi connectivity index (χ1) is 12.2. The second-order valence-electron chi connectivity index (χ2n) is 5.86. The van der Waals surface area contributed by atoms with E-state index in [2.05, 4.69) is 10.0 Å². The van der Waals surface area contributed by atoms with Crippen LogP contribution in [0.1, 0.15) is 24.2 Å². The number of carbonyl (C=O) groups is 1. The maximum absolute atomic E-state index is 12.4. The first-order valence-corrected chi connectivity index (χ1v) is 9.40. The first kappa shape index (κ1) is 19.7. The summed E-state index contributed by atoms with van der Waals surface area (Å²) in [5.41, 5.74) is 0.833. The molecule has 0 saturated heterocycles. The van der Waals surface area contributed by atoms with Crippen LogP contribution in [0.4, 0.5) is 5.69 Å². The molecule has 2 aromatic rings. The van der Waals surface area contributed by atoms with Gasteiger partial charge in [-0.2, -0.15) is 0 Å². The second kappa shape index (κ2) is 8.20. The Hall–Kier alpha value is -2.58. The smallest absolute Gasteiger partial charge is 0.255 e. The highest BCUT2D eigenvalue weighted by Crippen LogP contribution is 2.23. The van der Waals surface area contributed by atoms with Gasteiger partial charge in [-0.3, -0.25) is 4.79 Å². The zero-order valence-corrected chi connectivity index (χ0v) is 15.9. The van der Waals surface area contributed by atoms with Gasteiger partial charge in [-0.1, -0.05) is 0 Å². The number of benzene rings is 2. The molecule has 2 aromatic carbocycles. The Labute approximate surface area is 153 Å². The van der Waals surface area contributed by atoms with E-state index < -0.39 is 10.0 Å². The molecule has 8 heteroatoms. The molecule has 0 heterocycles. The van der Waals surface area contributed by atoms with E-state index in [0.717, 1.165) is 0 Å². The molecule has 1 amide bonds. The third kappa shape index (κ3) is 4.96. The minimum absolute atomic E-state index is 0.132. The van der Waals surface area contributed by atoms with Crippen molar-refractivity contribution in [1.29, 1.82) is 0 Å². The summed E-state index contributed by atoms with van der Waals surface area (Å²) in [4.78, 5) is 12.6. The third-order valence-electron chi connectivity index (χ3n) is 3.43. The van der Waals surface area contributed by atoms with Gasteiger partial charge in [0.25, 0.3) is 5.91 Å². The summed E-state index contributed by atoms with van der Waals surface area (Å²) in [5, 5.41) is 2.71. The Kier molecular flexibility index (Phi) is 6.23. The van der Waals surface area contributed by atoms with E-state index in [1.165, 1.54) is 38.5 Å². The van der Waals surface area contributed by atoms with E-state index in [1.54, 1.807) is 32.0 Å². The SMILES string of the molecule is COc1cc(OC)cc(C(=O)Nc2ccc(S(=O)(=O)NC(C)C)cc2)c1. The molecule has 2 rings (SSSR count). The van der Waals surface area contributed by atoms with Crippen LogP contribution in [0.2, 0.25) is 0 Å². The van der Waals surface area contributed by atoms with Crippen molar-refractivity contribution in [2.75, 3.05) is 19.5 Å². The van der Waals surface area contributed by atoms with Gasteiger partial charge >= 0.3 is 0 Å². The Morgan fingerprint density at radius 2 is 1.50 bits per heavy atom. The molecule has 26 heavy (non-hydrogen) atoms. The minimum Gasteiger partial charge on any atom is -0.497 e. The quantitative estimate of drug-likeness (QED) is 0.772. The monoisotopic (exact) mass is 378 g/mol. The highest BCUT2D eigenvalue weighted by atomic mass is 32.2. The van der Waals surface area contributed by atoms with Crippen molar-refractivity contribution in [3.05, 3.63) is 48.0 Å². The van der Waals surface area contributed by atoms with Crippen LogP contribution in [-0.2, 0) is 10.0 Å². The number of hydrogen-bond donors (Lipinski definition) is 2. The summed E-state index contributed by atoms with van der Waals surface area (Å²) in [6.07, 6.45) is 0. The number of anilines is 1. The van der Waals surface area contributed by atoms with Crippen LogP contribution < -0.4 is 19.5 Å². The number of amides is 1. The average molecular weight is 378 g/mol. The summed E-state index contributed by atoms with van der Waals surface area (Å²) >= 11 is 0. The molecule has 0 aliphatic rings. The number of methoxy groups -OCH3 is 2. The summed E-state index contributed by atoms with van der Waals surface area (Å²) in [7, 11) is -0.569. The van der Waals surface area contributed by atoms with Gasteiger partial charge in [-0.25, -0.2) is 13.1 Å². The van der Waals surface area contributed by atoms with Crippen molar-refractivity contribution in [3.8, 4) is 11.5 Å². The molecule has 0 spiro atoms. The molecule has 0 saturated carbocycles. The van der Waals surface area contributed by atoms with Gasteiger partial charge in [0.1, 0.15) is 11.5 Å². The van der Waals surface area contributed by atoms with E-state index in [4.69, 9.17) is 9.47 Å². The lowest BCUT2D eigenvalue weighted by atomic mass is 10.2. The predicted octanol–water partition coefficient (Wildman–Crippen LogP) is 2.64. The number of ether oxygens (including phenoxy) is 2. The van der Waals surface area contributed by atoms with E-state index >= 15 is 0 Å². The molecule has 0 aliphatic heterocycles. The molecule has 0 aliphatic carbocycles. The lowest BCUT2D eigenvalue weighted by Gasteiger charge is -2.11. The molecule has 0 atom stereocenters. The van der Waals surface area contributed by atoms with Gasteiger partial charge in [-0.05, 0) is 50.2 Å². The number of hydrogen-bond acceptors (Lipinski definition) is 5. The number of nitrogens with one attached hydrogen (secondary N) is 2. The molecule has 7 nitrogen and oxygen atoms in total. The maximum Gasteiger partial charge on any atom is 0.255 e. The van der Waals surface area contributed by atoms with E-state index in [9.17, 15) is 13.2 Å². The molecule has 0 unspecified atom stereocenters. The normalized spacial score (nSPS) is 11.3. The van der Waals surface area contributed by atoms with Crippen LogP contribution in [-0.4, -0.2) is 34.6 Å². The van der Waals surface area contributed by atoms with Gasteiger partial charge < -0.3 is 14.8 Å². The largest absolute Gasteiger partial charge is 0.497 e. The highest BCUT2D eigenvalue weighted by Gasteiger charge is 2.15. The molecule has 2 N–H and O–H groups in total. The Bertz CT molecular complexity index is 855. The van der Waals surface area contributed by atoms with Crippen molar-refractivity contribution in [2.45, 2.75) is 24.8 Å². The van der Waals surface area contributed by atoms with Gasteiger partial charge in [-0.15, -0.1) is 0 Å². The van der Waals surface area contributed by atoms with Gasteiger partial charge in [0.2, 0.25) is 10.0 Å². The zero-order chi connectivity index (χ0) is 19.3. The number of rotatable bonds is 7. The summed E-state index contributed by atoms with van der Waals surface area (Å²) in [5.74, 6) is 0.629. The van der Waals surface area contributed by atoms with Crippen molar-refractivity contribution >= 4 is 21.6 Å². The van der Waals surface area contributed by atoms with E-state index in [1.807, 2.05) is 0 Å². The Morgan fingerprint density at radius 1 is 0.962 bits per heavy atom. The van der Waals surface area contributed by atoms with Crippen molar-refractivity contribution in [1.82, 2.24) is 4.72 Å². The molecular weight excluding hydrogens is 356 g/mol. The minimum atomic E-state index is -3.57. The third-order valence-corrected chi connectivity index (χ3v) is 5.10. The second-order valence-corrected chi connectivity index (χ2v) is 7.57.